The van der Waals surface area contributed by atoms with Gasteiger partial charge >= 0.3 is 5.97 Å². The molecule has 0 aliphatic carbocycles. The zero-order chi connectivity index (χ0) is 17.1. The van der Waals surface area contributed by atoms with E-state index in [-0.39, 0.29) is 5.69 Å². The van der Waals surface area contributed by atoms with E-state index in [0.29, 0.717) is 11.3 Å². The fourth-order valence-electron chi connectivity index (χ4n) is 2.49. The highest BCUT2D eigenvalue weighted by Crippen LogP contribution is 2.32. The second kappa shape index (κ2) is 6.58. The van der Waals surface area contributed by atoms with E-state index in [1.165, 1.54) is 12.7 Å². The number of hydrogen-bond donors (Lipinski definition) is 1. The fourth-order valence-corrected chi connectivity index (χ4v) is 2.49. The maximum atomic E-state index is 12.0. The monoisotopic (exact) mass is 322 g/mol. The average Bonchev–Trinajstić information content (AvgIpc) is 2.62. The van der Waals surface area contributed by atoms with Crippen LogP contribution in [0.4, 0.5) is 11.4 Å². The number of carbonyl (C=O) groups excluding carboxylic acids is 1. The van der Waals surface area contributed by atoms with Crippen LogP contribution in [0.5, 0.6) is 5.75 Å². The molecule has 0 bridgehead atoms. The van der Waals surface area contributed by atoms with Crippen LogP contribution in [-0.4, -0.2) is 25.2 Å². The van der Waals surface area contributed by atoms with Crippen molar-refractivity contribution in [3.8, 4) is 5.75 Å². The van der Waals surface area contributed by atoms with Crippen LogP contribution in [0, 0.1) is 6.92 Å². The fraction of sp³-hybridized carbons (Fsp3) is 0.158. The average molecular weight is 322 g/mol. The number of esters is 1. The number of aromatic nitrogens is 1. The maximum Gasteiger partial charge on any atom is 0.356 e. The minimum atomic E-state index is -0.491. The second-order valence-corrected chi connectivity index (χ2v) is 5.39. The largest absolute Gasteiger partial charge is 0.494 e. The Labute approximate surface area is 140 Å². The van der Waals surface area contributed by atoms with Crippen molar-refractivity contribution < 1.29 is 14.3 Å². The van der Waals surface area contributed by atoms with Gasteiger partial charge in [-0.25, -0.2) is 9.78 Å². The third kappa shape index (κ3) is 3.01. The van der Waals surface area contributed by atoms with Crippen LogP contribution in [-0.2, 0) is 4.74 Å². The second-order valence-electron chi connectivity index (χ2n) is 5.39. The van der Waals surface area contributed by atoms with E-state index in [9.17, 15) is 4.79 Å². The first-order chi connectivity index (χ1) is 11.6. The van der Waals surface area contributed by atoms with Gasteiger partial charge in [0, 0.05) is 11.1 Å². The lowest BCUT2D eigenvalue weighted by Crippen LogP contribution is -2.06. The first-order valence-corrected chi connectivity index (χ1v) is 7.52. The number of anilines is 2. The number of fused-ring (bicyclic) bond motifs is 1. The molecule has 5 nitrogen and oxygen atoms in total. The van der Waals surface area contributed by atoms with Gasteiger partial charge in [0.15, 0.2) is 5.69 Å². The van der Waals surface area contributed by atoms with Crippen molar-refractivity contribution in [1.29, 1.82) is 0 Å². The molecule has 0 amide bonds. The molecule has 0 unspecified atom stereocenters. The van der Waals surface area contributed by atoms with Crippen LogP contribution in [0.25, 0.3) is 10.9 Å². The number of benzene rings is 2. The van der Waals surface area contributed by atoms with E-state index < -0.39 is 5.97 Å². The van der Waals surface area contributed by atoms with Crippen molar-refractivity contribution in [1.82, 2.24) is 4.98 Å². The van der Waals surface area contributed by atoms with Gasteiger partial charge in [0.25, 0.3) is 0 Å². The molecular formula is C19H18N2O3. The topological polar surface area (TPSA) is 60.5 Å². The van der Waals surface area contributed by atoms with Crippen molar-refractivity contribution in [2.75, 3.05) is 19.5 Å². The van der Waals surface area contributed by atoms with Gasteiger partial charge in [0.2, 0.25) is 0 Å². The van der Waals surface area contributed by atoms with Crippen LogP contribution in [0.3, 0.4) is 0 Å². The quantitative estimate of drug-likeness (QED) is 0.733. The summed E-state index contributed by atoms with van der Waals surface area (Å²) in [6.07, 6.45) is 0. The van der Waals surface area contributed by atoms with Gasteiger partial charge in [0.1, 0.15) is 11.3 Å². The van der Waals surface area contributed by atoms with Gasteiger partial charge in [-0.2, -0.15) is 0 Å². The summed E-state index contributed by atoms with van der Waals surface area (Å²) in [5, 5.41) is 4.20. The Morgan fingerprint density at radius 3 is 2.50 bits per heavy atom. The standard InChI is InChI=1S/C19H18N2O3/c1-12-7-9-13(10-8-12)20-15-11-16(19(22)24-3)21-18-14(15)5-4-6-17(18)23-2/h4-11H,1-3H3,(H,20,21). The SMILES string of the molecule is COC(=O)c1cc(Nc2ccc(C)cc2)c2cccc(OC)c2n1. The summed E-state index contributed by atoms with van der Waals surface area (Å²) in [4.78, 5) is 16.3. The molecule has 0 atom stereocenters. The third-order valence-electron chi connectivity index (χ3n) is 3.75. The maximum absolute atomic E-state index is 12.0. The lowest BCUT2D eigenvalue weighted by atomic mass is 10.1. The molecular weight excluding hydrogens is 304 g/mol. The number of nitrogens with one attached hydrogen (secondary N) is 1. The van der Waals surface area contributed by atoms with Crippen molar-refractivity contribution >= 4 is 28.2 Å². The van der Waals surface area contributed by atoms with Crippen molar-refractivity contribution in [3.63, 3.8) is 0 Å². The van der Waals surface area contributed by atoms with Crippen LogP contribution < -0.4 is 10.1 Å². The van der Waals surface area contributed by atoms with Crippen molar-refractivity contribution in [2.24, 2.45) is 0 Å². The molecule has 0 saturated carbocycles. The summed E-state index contributed by atoms with van der Waals surface area (Å²) in [7, 11) is 2.91. The number of para-hydroxylation sites is 1. The first kappa shape index (κ1) is 15.8. The summed E-state index contributed by atoms with van der Waals surface area (Å²) in [5.74, 6) is 0.111. The molecule has 0 aliphatic rings. The predicted octanol–water partition coefficient (Wildman–Crippen LogP) is 4.08. The molecule has 0 saturated heterocycles. The number of nitrogens with zero attached hydrogens (tertiary/aromatic N) is 1. The molecule has 3 aromatic rings. The molecule has 2 aromatic carbocycles. The van der Waals surface area contributed by atoms with Crippen LogP contribution in [0.2, 0.25) is 0 Å². The zero-order valence-corrected chi connectivity index (χ0v) is 13.8. The highest BCUT2D eigenvalue weighted by molar-refractivity contribution is 6.00. The van der Waals surface area contributed by atoms with Gasteiger partial charge in [-0.15, -0.1) is 0 Å². The van der Waals surface area contributed by atoms with Crippen molar-refractivity contribution in [2.45, 2.75) is 6.92 Å². The molecule has 5 heteroatoms. The van der Waals surface area contributed by atoms with E-state index in [1.54, 1.807) is 13.2 Å². The summed E-state index contributed by atoms with van der Waals surface area (Å²) in [6.45, 7) is 2.03. The lowest BCUT2D eigenvalue weighted by Gasteiger charge is -2.13. The molecule has 24 heavy (non-hydrogen) atoms. The normalized spacial score (nSPS) is 10.5. The Balaban J connectivity index is 2.16. The van der Waals surface area contributed by atoms with E-state index >= 15 is 0 Å². The van der Waals surface area contributed by atoms with Crippen LogP contribution in [0.1, 0.15) is 16.1 Å². The number of methoxy groups -OCH3 is 2. The molecule has 122 valence electrons. The number of rotatable bonds is 4. The Morgan fingerprint density at radius 1 is 1.08 bits per heavy atom. The van der Waals surface area contributed by atoms with E-state index in [1.807, 2.05) is 49.4 Å². The minimum absolute atomic E-state index is 0.226. The number of ether oxygens (including phenoxy) is 2. The number of pyridine rings is 1. The Kier molecular flexibility index (Phi) is 4.33. The van der Waals surface area contributed by atoms with Gasteiger partial charge in [-0.3, -0.25) is 0 Å². The van der Waals surface area contributed by atoms with Crippen LogP contribution in [0.15, 0.2) is 48.5 Å². The van der Waals surface area contributed by atoms with Crippen LogP contribution >= 0.6 is 0 Å². The summed E-state index contributed by atoms with van der Waals surface area (Å²) >= 11 is 0. The number of aryl methyl sites for hydroxylation is 1. The third-order valence-corrected chi connectivity index (χ3v) is 3.75. The van der Waals surface area contributed by atoms with Gasteiger partial charge in [0.05, 0.1) is 19.9 Å². The van der Waals surface area contributed by atoms with Gasteiger partial charge < -0.3 is 14.8 Å². The zero-order valence-electron chi connectivity index (χ0n) is 13.8. The molecule has 0 spiro atoms. The van der Waals surface area contributed by atoms with Crippen molar-refractivity contribution in [3.05, 3.63) is 59.8 Å². The summed E-state index contributed by atoms with van der Waals surface area (Å²) < 4.78 is 10.2. The summed E-state index contributed by atoms with van der Waals surface area (Å²) in [5.41, 5.74) is 3.70. The number of hydrogen-bond acceptors (Lipinski definition) is 5. The molecule has 1 N–H and O–H groups in total. The predicted molar refractivity (Wildman–Crippen MR) is 94.1 cm³/mol. The molecule has 0 radical (unpaired) electrons. The first-order valence-electron chi connectivity index (χ1n) is 7.52. The van der Waals surface area contributed by atoms with E-state index in [0.717, 1.165) is 16.8 Å². The molecule has 1 heterocycles. The highest BCUT2D eigenvalue weighted by Gasteiger charge is 2.15. The van der Waals surface area contributed by atoms with Gasteiger partial charge in [-0.1, -0.05) is 29.8 Å². The minimum Gasteiger partial charge on any atom is -0.494 e. The number of carbonyl (C=O) groups is 1. The Hall–Kier alpha value is -3.08. The van der Waals surface area contributed by atoms with Gasteiger partial charge in [-0.05, 0) is 31.2 Å². The molecule has 0 aliphatic heterocycles. The Morgan fingerprint density at radius 2 is 1.83 bits per heavy atom. The van der Waals surface area contributed by atoms with E-state index in [4.69, 9.17) is 9.47 Å². The Bertz CT molecular complexity index is 889. The lowest BCUT2D eigenvalue weighted by molar-refractivity contribution is 0.0594. The smallest absolute Gasteiger partial charge is 0.356 e. The molecule has 0 fully saturated rings. The molecule has 3 rings (SSSR count). The summed E-state index contributed by atoms with van der Waals surface area (Å²) in [6, 6.07) is 15.3. The highest BCUT2D eigenvalue weighted by atomic mass is 16.5. The van der Waals surface area contributed by atoms with E-state index in [2.05, 4.69) is 10.3 Å². The molecule has 1 aromatic heterocycles.